The Morgan fingerprint density at radius 3 is 2.79 bits per heavy atom. The predicted molar refractivity (Wildman–Crippen MR) is 90.6 cm³/mol. The number of carbonyl (C=O) groups excluding carboxylic acids is 1. The molecule has 3 aromatic rings. The summed E-state index contributed by atoms with van der Waals surface area (Å²) in [7, 11) is 0. The van der Waals surface area contributed by atoms with E-state index in [4.69, 9.17) is 0 Å². The number of aromatic nitrogens is 3. The molecule has 1 aliphatic rings. The van der Waals surface area contributed by atoms with Crippen LogP contribution in [0.3, 0.4) is 0 Å². The highest BCUT2D eigenvalue weighted by Gasteiger charge is 2.21. The number of aromatic amines is 2. The first-order valence-electron chi connectivity index (χ1n) is 7.65. The van der Waals surface area contributed by atoms with Crippen LogP contribution in [0, 0.1) is 5.92 Å². The first kappa shape index (κ1) is 14.4. The highest BCUT2D eigenvalue weighted by Crippen LogP contribution is 2.25. The van der Waals surface area contributed by atoms with E-state index >= 15 is 0 Å². The van der Waals surface area contributed by atoms with Crippen LogP contribution in [0.1, 0.15) is 18.9 Å². The summed E-state index contributed by atoms with van der Waals surface area (Å²) in [5.74, 6) is 0.0276. The van der Waals surface area contributed by atoms with Gasteiger partial charge in [-0.2, -0.15) is 5.10 Å². The van der Waals surface area contributed by atoms with Gasteiger partial charge < -0.3 is 9.97 Å². The fraction of sp³-hybridized carbons (Fsp3) is 0.176. The molecule has 1 amide bonds. The number of benzene rings is 1. The summed E-state index contributed by atoms with van der Waals surface area (Å²) < 4.78 is 0. The van der Waals surface area contributed by atoms with Gasteiger partial charge in [0.25, 0.3) is 0 Å². The second-order valence-corrected chi connectivity index (χ2v) is 5.93. The fourth-order valence-corrected chi connectivity index (χ4v) is 2.94. The molecule has 120 valence electrons. The second-order valence-electron chi connectivity index (χ2n) is 5.93. The molecule has 7 nitrogen and oxygen atoms in total. The summed E-state index contributed by atoms with van der Waals surface area (Å²) in [4.78, 5) is 32.1. The fourth-order valence-electron chi connectivity index (χ4n) is 2.94. The van der Waals surface area contributed by atoms with Gasteiger partial charge in [-0.05, 0) is 23.8 Å². The molecule has 0 spiro atoms. The van der Waals surface area contributed by atoms with E-state index in [1.54, 1.807) is 6.20 Å². The highest BCUT2D eigenvalue weighted by molar-refractivity contribution is 6.07. The van der Waals surface area contributed by atoms with Crippen molar-refractivity contribution in [3.05, 3.63) is 52.7 Å². The number of nitrogens with one attached hydrogen (secondary N) is 3. The Hall–Kier alpha value is -3.22. The maximum absolute atomic E-state index is 11.4. The molecule has 24 heavy (non-hydrogen) atoms. The lowest BCUT2D eigenvalue weighted by molar-refractivity contribution is -0.121. The van der Waals surface area contributed by atoms with Gasteiger partial charge in [0.2, 0.25) is 5.91 Å². The molecule has 1 aliphatic heterocycles. The Bertz CT molecular complexity index is 1010. The van der Waals surface area contributed by atoms with Crippen LogP contribution in [0.5, 0.6) is 0 Å². The molecule has 3 N–H and O–H groups in total. The van der Waals surface area contributed by atoms with Crippen molar-refractivity contribution in [2.75, 3.05) is 0 Å². The molecule has 0 fully saturated rings. The van der Waals surface area contributed by atoms with Gasteiger partial charge >= 0.3 is 5.69 Å². The topological polar surface area (TPSA) is 103 Å². The van der Waals surface area contributed by atoms with Crippen molar-refractivity contribution in [2.45, 2.75) is 13.3 Å². The third-order valence-electron chi connectivity index (χ3n) is 4.16. The molecular formula is C17H15N5O2. The SMILES string of the molecule is CC1CC(=O)NN=C1c1ccc2[nH]c(-c3cnc(=O)[nH]c3)cc2c1. The Labute approximate surface area is 136 Å². The Morgan fingerprint density at radius 2 is 2.04 bits per heavy atom. The molecule has 1 unspecified atom stereocenters. The second kappa shape index (κ2) is 5.45. The van der Waals surface area contributed by atoms with E-state index in [1.807, 2.05) is 31.2 Å². The lowest BCUT2D eigenvalue weighted by Crippen LogP contribution is -2.31. The molecule has 0 radical (unpaired) electrons. The van der Waals surface area contributed by atoms with Crippen LogP contribution in [0.15, 0.2) is 46.6 Å². The first-order chi connectivity index (χ1) is 11.6. The Kier molecular flexibility index (Phi) is 3.26. The van der Waals surface area contributed by atoms with Crippen molar-refractivity contribution in [2.24, 2.45) is 11.0 Å². The van der Waals surface area contributed by atoms with Crippen LogP contribution >= 0.6 is 0 Å². The van der Waals surface area contributed by atoms with E-state index in [-0.39, 0.29) is 17.5 Å². The molecule has 3 heterocycles. The monoisotopic (exact) mass is 321 g/mol. The lowest BCUT2D eigenvalue weighted by Gasteiger charge is -2.19. The van der Waals surface area contributed by atoms with Crippen molar-refractivity contribution in [1.29, 1.82) is 0 Å². The van der Waals surface area contributed by atoms with Gasteiger partial charge in [-0.1, -0.05) is 13.0 Å². The molecule has 1 atom stereocenters. The minimum absolute atomic E-state index is 0.0539. The molecular weight excluding hydrogens is 306 g/mol. The van der Waals surface area contributed by atoms with Crippen molar-refractivity contribution in [3.8, 4) is 11.3 Å². The van der Waals surface area contributed by atoms with Gasteiger partial charge in [0, 0.05) is 46.9 Å². The number of hydrogen-bond acceptors (Lipinski definition) is 4. The molecule has 0 saturated heterocycles. The number of carbonyl (C=O) groups is 1. The van der Waals surface area contributed by atoms with Crippen molar-refractivity contribution < 1.29 is 4.79 Å². The van der Waals surface area contributed by atoms with Crippen LogP contribution in [0.25, 0.3) is 22.2 Å². The molecule has 1 aromatic carbocycles. The van der Waals surface area contributed by atoms with Gasteiger partial charge in [-0.25, -0.2) is 15.2 Å². The lowest BCUT2D eigenvalue weighted by atomic mass is 9.93. The van der Waals surface area contributed by atoms with Crippen LogP contribution < -0.4 is 11.1 Å². The molecule has 7 heteroatoms. The zero-order valence-corrected chi connectivity index (χ0v) is 13.0. The number of hydrazone groups is 1. The van der Waals surface area contributed by atoms with Gasteiger partial charge in [-0.15, -0.1) is 0 Å². The summed E-state index contributed by atoms with van der Waals surface area (Å²) in [5.41, 5.74) is 6.70. The minimum Gasteiger partial charge on any atom is -0.354 e. The maximum atomic E-state index is 11.4. The van der Waals surface area contributed by atoms with Crippen LogP contribution in [0.4, 0.5) is 0 Å². The first-order valence-corrected chi connectivity index (χ1v) is 7.65. The van der Waals surface area contributed by atoms with Crippen LogP contribution in [0.2, 0.25) is 0 Å². The quantitative estimate of drug-likeness (QED) is 0.670. The predicted octanol–water partition coefficient (Wildman–Crippen LogP) is 1.78. The van der Waals surface area contributed by atoms with E-state index in [0.717, 1.165) is 33.4 Å². The molecule has 0 aliphatic carbocycles. The largest absolute Gasteiger partial charge is 0.354 e. The van der Waals surface area contributed by atoms with Crippen molar-refractivity contribution >= 4 is 22.5 Å². The van der Waals surface area contributed by atoms with E-state index in [0.29, 0.717) is 6.42 Å². The summed E-state index contributed by atoms with van der Waals surface area (Å²) in [6.07, 6.45) is 3.61. The van der Waals surface area contributed by atoms with Crippen molar-refractivity contribution in [3.63, 3.8) is 0 Å². The summed E-state index contributed by atoms with van der Waals surface area (Å²) >= 11 is 0. The van der Waals surface area contributed by atoms with Gasteiger partial charge in [0.05, 0.1) is 5.71 Å². The summed E-state index contributed by atoms with van der Waals surface area (Å²) in [6.45, 7) is 2.00. The third-order valence-corrected chi connectivity index (χ3v) is 4.16. The Balaban J connectivity index is 1.75. The number of amides is 1. The smallest absolute Gasteiger partial charge is 0.344 e. The third kappa shape index (κ3) is 2.50. The number of fused-ring (bicyclic) bond motifs is 1. The van der Waals surface area contributed by atoms with Gasteiger partial charge in [0.15, 0.2) is 0 Å². The van der Waals surface area contributed by atoms with Crippen molar-refractivity contribution in [1.82, 2.24) is 20.4 Å². The van der Waals surface area contributed by atoms with Gasteiger partial charge in [0.1, 0.15) is 0 Å². The zero-order valence-electron chi connectivity index (χ0n) is 13.0. The van der Waals surface area contributed by atoms with Gasteiger partial charge in [-0.3, -0.25) is 4.79 Å². The molecule has 4 rings (SSSR count). The molecule has 2 aromatic heterocycles. The summed E-state index contributed by atoms with van der Waals surface area (Å²) in [6, 6.07) is 8.02. The van der Waals surface area contributed by atoms with Crippen LogP contribution in [-0.4, -0.2) is 26.6 Å². The maximum Gasteiger partial charge on any atom is 0.344 e. The van der Waals surface area contributed by atoms with E-state index in [2.05, 4.69) is 25.5 Å². The van der Waals surface area contributed by atoms with Crippen LogP contribution in [-0.2, 0) is 4.79 Å². The van der Waals surface area contributed by atoms with E-state index < -0.39 is 0 Å². The highest BCUT2D eigenvalue weighted by atomic mass is 16.2. The number of hydrogen-bond donors (Lipinski definition) is 3. The number of nitrogens with zero attached hydrogens (tertiary/aromatic N) is 2. The normalized spacial score (nSPS) is 17.6. The van der Waals surface area contributed by atoms with E-state index in [1.165, 1.54) is 6.20 Å². The average molecular weight is 321 g/mol. The zero-order chi connectivity index (χ0) is 16.7. The Morgan fingerprint density at radius 1 is 1.17 bits per heavy atom. The van der Waals surface area contributed by atoms with E-state index in [9.17, 15) is 9.59 Å². The average Bonchev–Trinajstić information content (AvgIpc) is 2.98. The standard InChI is InChI=1S/C17H15N5O2/c1-9-4-15(23)21-22-16(9)10-2-3-13-11(5-10)6-14(20-13)12-7-18-17(24)19-8-12/h2-3,5-9,20H,4H2,1H3,(H,21,23)(H,18,19,24). The summed E-state index contributed by atoms with van der Waals surface area (Å²) in [5, 5.41) is 5.23. The molecule has 0 saturated carbocycles. The number of rotatable bonds is 2. The number of H-pyrrole nitrogens is 2. The minimum atomic E-state index is -0.372. The molecule has 0 bridgehead atoms.